The number of nitrogens with zero attached hydrogens (tertiary/aromatic N) is 1. The van der Waals surface area contributed by atoms with Gasteiger partial charge in [0.25, 0.3) is 0 Å². The molecule has 5 heteroatoms. The largest absolute Gasteiger partial charge is 0.342 e. The molecule has 0 bridgehead atoms. The Kier molecular flexibility index (Phi) is 5.49. The summed E-state index contributed by atoms with van der Waals surface area (Å²) in [5.74, 6) is -0.247. The maximum atomic E-state index is 12.2. The molecule has 2 amide bonds. The first-order chi connectivity index (χ1) is 9.62. The van der Waals surface area contributed by atoms with Gasteiger partial charge in [-0.1, -0.05) is 39.0 Å². The predicted molar refractivity (Wildman–Crippen MR) is 84.7 cm³/mol. The number of amides is 2. The van der Waals surface area contributed by atoms with E-state index in [1.54, 1.807) is 11.9 Å². The standard InChI is InChI=1S/C16H25N3O2/c1-11(20)19(5)10-12-8-6-7-9-13(12)18-15(21)14(17)16(2,3)4/h6-9,14H,10,17H2,1-5H3,(H,18,21)/t14-/m1/s1. The van der Waals surface area contributed by atoms with Crippen molar-refractivity contribution < 1.29 is 9.59 Å². The summed E-state index contributed by atoms with van der Waals surface area (Å²) in [5.41, 5.74) is 7.22. The molecular weight excluding hydrogens is 266 g/mol. The zero-order valence-electron chi connectivity index (χ0n) is 13.4. The van der Waals surface area contributed by atoms with Crippen molar-refractivity contribution in [2.75, 3.05) is 12.4 Å². The second-order valence-electron chi connectivity index (χ2n) is 6.37. The summed E-state index contributed by atoms with van der Waals surface area (Å²) in [4.78, 5) is 25.1. The van der Waals surface area contributed by atoms with Crippen molar-refractivity contribution in [3.05, 3.63) is 29.8 Å². The van der Waals surface area contributed by atoms with Crippen molar-refractivity contribution >= 4 is 17.5 Å². The number of carbonyl (C=O) groups excluding carboxylic acids is 2. The molecule has 0 unspecified atom stereocenters. The monoisotopic (exact) mass is 291 g/mol. The van der Waals surface area contributed by atoms with Crippen LogP contribution in [0.1, 0.15) is 33.3 Å². The molecule has 116 valence electrons. The Morgan fingerprint density at radius 2 is 1.86 bits per heavy atom. The van der Waals surface area contributed by atoms with Gasteiger partial charge in [-0.05, 0) is 17.0 Å². The van der Waals surface area contributed by atoms with E-state index in [-0.39, 0.29) is 17.2 Å². The number of hydrogen-bond acceptors (Lipinski definition) is 3. The highest BCUT2D eigenvalue weighted by Crippen LogP contribution is 2.21. The number of carbonyl (C=O) groups is 2. The Labute approximate surface area is 126 Å². The van der Waals surface area contributed by atoms with Crippen LogP contribution in [0.25, 0.3) is 0 Å². The van der Waals surface area contributed by atoms with Gasteiger partial charge in [-0.2, -0.15) is 0 Å². The van der Waals surface area contributed by atoms with Gasteiger partial charge in [-0.25, -0.2) is 0 Å². The highest BCUT2D eigenvalue weighted by atomic mass is 16.2. The predicted octanol–water partition coefficient (Wildman–Crippen LogP) is 1.98. The van der Waals surface area contributed by atoms with E-state index >= 15 is 0 Å². The van der Waals surface area contributed by atoms with E-state index in [9.17, 15) is 9.59 Å². The van der Waals surface area contributed by atoms with Crippen LogP contribution in [0.5, 0.6) is 0 Å². The quantitative estimate of drug-likeness (QED) is 0.890. The van der Waals surface area contributed by atoms with Crippen molar-refractivity contribution in [2.45, 2.75) is 40.3 Å². The van der Waals surface area contributed by atoms with Crippen LogP contribution in [0, 0.1) is 5.41 Å². The average molecular weight is 291 g/mol. The molecule has 0 heterocycles. The van der Waals surface area contributed by atoms with Crippen LogP contribution < -0.4 is 11.1 Å². The fraction of sp³-hybridized carbons (Fsp3) is 0.500. The lowest BCUT2D eigenvalue weighted by atomic mass is 9.87. The van der Waals surface area contributed by atoms with Crippen LogP contribution in [-0.2, 0) is 16.1 Å². The van der Waals surface area contributed by atoms with Gasteiger partial charge in [-0.3, -0.25) is 9.59 Å². The lowest BCUT2D eigenvalue weighted by Gasteiger charge is -2.26. The number of benzene rings is 1. The molecule has 21 heavy (non-hydrogen) atoms. The highest BCUT2D eigenvalue weighted by molar-refractivity contribution is 5.95. The Morgan fingerprint density at radius 1 is 1.29 bits per heavy atom. The minimum Gasteiger partial charge on any atom is -0.342 e. The number of nitrogens with two attached hydrogens (primary N) is 1. The molecule has 0 saturated carbocycles. The van der Waals surface area contributed by atoms with Gasteiger partial charge in [0.1, 0.15) is 0 Å². The fourth-order valence-electron chi connectivity index (χ4n) is 1.75. The van der Waals surface area contributed by atoms with E-state index in [0.717, 1.165) is 5.56 Å². The first-order valence-electron chi connectivity index (χ1n) is 6.99. The number of hydrogen-bond donors (Lipinski definition) is 2. The summed E-state index contributed by atoms with van der Waals surface area (Å²) in [6.07, 6.45) is 0. The minimum atomic E-state index is -0.601. The van der Waals surface area contributed by atoms with E-state index in [0.29, 0.717) is 12.2 Å². The van der Waals surface area contributed by atoms with Crippen LogP contribution in [0.3, 0.4) is 0 Å². The van der Waals surface area contributed by atoms with Gasteiger partial charge in [0, 0.05) is 26.2 Å². The van der Waals surface area contributed by atoms with Crippen molar-refractivity contribution in [2.24, 2.45) is 11.1 Å². The summed E-state index contributed by atoms with van der Waals surface area (Å²) in [6, 6.07) is 6.82. The Hall–Kier alpha value is -1.88. The third-order valence-corrected chi connectivity index (χ3v) is 3.44. The molecule has 5 nitrogen and oxygen atoms in total. The van der Waals surface area contributed by atoms with Crippen LogP contribution in [0.2, 0.25) is 0 Å². The molecule has 1 atom stereocenters. The number of rotatable bonds is 4. The van der Waals surface area contributed by atoms with E-state index in [4.69, 9.17) is 5.73 Å². The van der Waals surface area contributed by atoms with Crippen molar-refractivity contribution in [1.82, 2.24) is 4.90 Å². The molecule has 1 aromatic carbocycles. The molecule has 0 radical (unpaired) electrons. The van der Waals surface area contributed by atoms with Gasteiger partial charge in [-0.15, -0.1) is 0 Å². The lowest BCUT2D eigenvalue weighted by Crippen LogP contribution is -2.45. The zero-order chi connectivity index (χ0) is 16.2. The molecule has 1 rings (SSSR count). The number of para-hydroxylation sites is 1. The zero-order valence-corrected chi connectivity index (χ0v) is 13.4. The first-order valence-corrected chi connectivity index (χ1v) is 6.99. The van der Waals surface area contributed by atoms with Gasteiger partial charge in [0.05, 0.1) is 6.04 Å². The van der Waals surface area contributed by atoms with Crippen LogP contribution in [0.4, 0.5) is 5.69 Å². The summed E-state index contributed by atoms with van der Waals surface area (Å²) in [7, 11) is 1.72. The topological polar surface area (TPSA) is 75.4 Å². The molecular formula is C16H25N3O2. The molecule has 1 aromatic rings. The SMILES string of the molecule is CC(=O)N(C)Cc1ccccc1NC(=O)[C@@H](N)C(C)(C)C. The third kappa shape index (κ3) is 4.86. The third-order valence-electron chi connectivity index (χ3n) is 3.44. The smallest absolute Gasteiger partial charge is 0.241 e. The fourth-order valence-corrected chi connectivity index (χ4v) is 1.75. The summed E-state index contributed by atoms with van der Waals surface area (Å²) >= 11 is 0. The normalized spacial score (nSPS) is 12.7. The Bertz CT molecular complexity index is 520. The molecule has 3 N–H and O–H groups in total. The van der Waals surface area contributed by atoms with E-state index < -0.39 is 6.04 Å². The summed E-state index contributed by atoms with van der Waals surface area (Å²) < 4.78 is 0. The van der Waals surface area contributed by atoms with Crippen molar-refractivity contribution in [3.8, 4) is 0 Å². The Balaban J connectivity index is 2.89. The molecule has 0 aliphatic carbocycles. The Morgan fingerprint density at radius 3 is 2.38 bits per heavy atom. The number of nitrogens with one attached hydrogen (secondary N) is 1. The molecule has 0 spiro atoms. The van der Waals surface area contributed by atoms with Crippen LogP contribution in [-0.4, -0.2) is 29.8 Å². The van der Waals surface area contributed by atoms with E-state index in [1.807, 2.05) is 45.0 Å². The molecule has 0 aliphatic rings. The second-order valence-corrected chi connectivity index (χ2v) is 6.37. The summed E-state index contributed by atoms with van der Waals surface area (Å²) in [6.45, 7) is 7.72. The van der Waals surface area contributed by atoms with Crippen LogP contribution >= 0.6 is 0 Å². The van der Waals surface area contributed by atoms with Gasteiger partial charge in [0.15, 0.2) is 0 Å². The maximum absolute atomic E-state index is 12.2. The lowest BCUT2D eigenvalue weighted by molar-refractivity contribution is -0.128. The maximum Gasteiger partial charge on any atom is 0.241 e. The van der Waals surface area contributed by atoms with Gasteiger partial charge in [0.2, 0.25) is 11.8 Å². The van der Waals surface area contributed by atoms with Crippen molar-refractivity contribution in [1.29, 1.82) is 0 Å². The molecule has 0 aromatic heterocycles. The second kappa shape index (κ2) is 6.72. The molecule has 0 fully saturated rings. The summed E-state index contributed by atoms with van der Waals surface area (Å²) in [5, 5.41) is 2.86. The molecule has 0 saturated heterocycles. The minimum absolute atomic E-state index is 0.0254. The van der Waals surface area contributed by atoms with Gasteiger partial charge >= 0.3 is 0 Å². The van der Waals surface area contributed by atoms with Gasteiger partial charge < -0.3 is 16.0 Å². The first kappa shape index (κ1) is 17.2. The highest BCUT2D eigenvalue weighted by Gasteiger charge is 2.27. The van der Waals surface area contributed by atoms with E-state index in [2.05, 4.69) is 5.32 Å². The molecule has 0 aliphatic heterocycles. The van der Waals surface area contributed by atoms with Crippen molar-refractivity contribution in [3.63, 3.8) is 0 Å². The van der Waals surface area contributed by atoms with Crippen LogP contribution in [0.15, 0.2) is 24.3 Å². The average Bonchev–Trinajstić information content (AvgIpc) is 2.38. The van der Waals surface area contributed by atoms with E-state index in [1.165, 1.54) is 6.92 Å². The number of anilines is 1.